The fourth-order valence-electron chi connectivity index (χ4n) is 1.55. The first-order valence-corrected chi connectivity index (χ1v) is 4.64. The summed E-state index contributed by atoms with van der Waals surface area (Å²) in [5, 5.41) is 14.0. The average molecular weight is 196 g/mol. The topological polar surface area (TPSA) is 43.6 Å². The standard InChI is InChI=1S/C11H8N4/c1-4-14-15(5-1)11-3-2-9-7-12-13-8-10(9)6-11/h1-8H. The molecule has 4 nitrogen and oxygen atoms in total. The van der Waals surface area contributed by atoms with Gasteiger partial charge in [0, 0.05) is 23.2 Å². The van der Waals surface area contributed by atoms with Gasteiger partial charge in [-0.25, -0.2) is 4.68 Å². The Kier molecular flexibility index (Phi) is 1.71. The lowest BCUT2D eigenvalue weighted by atomic mass is 10.2. The molecule has 72 valence electrons. The van der Waals surface area contributed by atoms with Gasteiger partial charge in [0.2, 0.25) is 0 Å². The van der Waals surface area contributed by atoms with Crippen molar-refractivity contribution in [2.45, 2.75) is 0 Å². The third-order valence-electron chi connectivity index (χ3n) is 2.30. The Morgan fingerprint density at radius 2 is 1.87 bits per heavy atom. The molecule has 0 saturated heterocycles. The molecule has 3 rings (SSSR count). The van der Waals surface area contributed by atoms with Crippen molar-refractivity contribution >= 4 is 10.8 Å². The first-order chi connectivity index (χ1) is 7.43. The van der Waals surface area contributed by atoms with Crippen LogP contribution in [0.25, 0.3) is 16.5 Å². The summed E-state index contributed by atoms with van der Waals surface area (Å²) in [6, 6.07) is 7.96. The highest BCUT2D eigenvalue weighted by Gasteiger charge is 1.98. The number of rotatable bonds is 1. The normalized spacial score (nSPS) is 10.7. The molecule has 0 amide bonds. The van der Waals surface area contributed by atoms with Crippen LogP contribution in [0.1, 0.15) is 0 Å². The predicted octanol–water partition coefficient (Wildman–Crippen LogP) is 1.82. The van der Waals surface area contributed by atoms with Crippen molar-refractivity contribution in [3.05, 3.63) is 49.1 Å². The van der Waals surface area contributed by atoms with Crippen molar-refractivity contribution in [3.63, 3.8) is 0 Å². The molecule has 1 aromatic carbocycles. The van der Waals surface area contributed by atoms with Crippen LogP contribution in [0.15, 0.2) is 49.1 Å². The average Bonchev–Trinajstić information content (AvgIpc) is 2.82. The van der Waals surface area contributed by atoms with Gasteiger partial charge in [0.25, 0.3) is 0 Å². The summed E-state index contributed by atoms with van der Waals surface area (Å²) in [6.45, 7) is 0. The molecule has 0 atom stereocenters. The number of fused-ring (bicyclic) bond motifs is 1. The second-order valence-electron chi connectivity index (χ2n) is 3.25. The van der Waals surface area contributed by atoms with E-state index in [1.807, 2.05) is 35.1 Å². The lowest BCUT2D eigenvalue weighted by Gasteiger charge is -2.02. The van der Waals surface area contributed by atoms with Gasteiger partial charge in [-0.1, -0.05) is 6.07 Å². The van der Waals surface area contributed by atoms with Gasteiger partial charge in [-0.15, -0.1) is 0 Å². The Morgan fingerprint density at radius 3 is 2.67 bits per heavy atom. The molecule has 2 aromatic heterocycles. The lowest BCUT2D eigenvalue weighted by molar-refractivity contribution is 0.882. The Morgan fingerprint density at radius 1 is 1.00 bits per heavy atom. The van der Waals surface area contributed by atoms with Gasteiger partial charge in [-0.3, -0.25) is 0 Å². The number of benzene rings is 1. The summed E-state index contributed by atoms with van der Waals surface area (Å²) in [4.78, 5) is 0. The maximum Gasteiger partial charge on any atom is 0.0652 e. The SMILES string of the molecule is c1cnn(-c2ccc3cnncc3c2)c1. The minimum atomic E-state index is 1.03. The van der Waals surface area contributed by atoms with Crippen LogP contribution in [-0.4, -0.2) is 20.0 Å². The second-order valence-corrected chi connectivity index (χ2v) is 3.25. The molecular weight excluding hydrogens is 188 g/mol. The number of aromatic nitrogens is 4. The van der Waals surface area contributed by atoms with Crippen LogP contribution in [0.4, 0.5) is 0 Å². The highest BCUT2D eigenvalue weighted by atomic mass is 15.3. The largest absolute Gasteiger partial charge is 0.241 e. The Bertz CT molecular complexity index is 586. The van der Waals surface area contributed by atoms with Crippen molar-refractivity contribution in [1.29, 1.82) is 0 Å². The minimum absolute atomic E-state index is 1.03. The zero-order valence-corrected chi connectivity index (χ0v) is 7.91. The van der Waals surface area contributed by atoms with E-state index in [0.717, 1.165) is 16.5 Å². The predicted molar refractivity (Wildman–Crippen MR) is 56.7 cm³/mol. The van der Waals surface area contributed by atoms with E-state index in [1.165, 1.54) is 0 Å². The molecule has 0 spiro atoms. The van der Waals surface area contributed by atoms with E-state index < -0.39 is 0 Å². The van der Waals surface area contributed by atoms with Gasteiger partial charge in [-0.2, -0.15) is 15.3 Å². The Balaban J connectivity index is 2.22. The smallest absolute Gasteiger partial charge is 0.0652 e. The summed E-state index contributed by atoms with van der Waals surface area (Å²) in [6.07, 6.45) is 7.18. The van der Waals surface area contributed by atoms with Gasteiger partial charge in [0.1, 0.15) is 0 Å². The summed E-state index contributed by atoms with van der Waals surface area (Å²) in [5.41, 5.74) is 1.03. The molecule has 0 radical (unpaired) electrons. The fourth-order valence-corrected chi connectivity index (χ4v) is 1.55. The Hall–Kier alpha value is -2.23. The minimum Gasteiger partial charge on any atom is -0.241 e. The maximum absolute atomic E-state index is 4.17. The number of nitrogens with zero attached hydrogens (tertiary/aromatic N) is 4. The maximum atomic E-state index is 4.17. The molecule has 15 heavy (non-hydrogen) atoms. The molecule has 0 bridgehead atoms. The van der Waals surface area contributed by atoms with Crippen molar-refractivity contribution in [2.75, 3.05) is 0 Å². The molecule has 3 aromatic rings. The van der Waals surface area contributed by atoms with Crippen LogP contribution in [-0.2, 0) is 0 Å². The number of hydrogen-bond donors (Lipinski definition) is 0. The van der Waals surface area contributed by atoms with E-state index in [4.69, 9.17) is 0 Å². The molecule has 4 heteroatoms. The van der Waals surface area contributed by atoms with Crippen LogP contribution in [0.2, 0.25) is 0 Å². The summed E-state index contributed by atoms with van der Waals surface area (Å²) >= 11 is 0. The van der Waals surface area contributed by atoms with Crippen LogP contribution in [0.5, 0.6) is 0 Å². The summed E-state index contributed by atoms with van der Waals surface area (Å²) in [7, 11) is 0. The summed E-state index contributed by atoms with van der Waals surface area (Å²) < 4.78 is 1.82. The van der Waals surface area contributed by atoms with E-state index in [9.17, 15) is 0 Å². The first kappa shape index (κ1) is 8.11. The van der Waals surface area contributed by atoms with Gasteiger partial charge >= 0.3 is 0 Å². The molecule has 0 aliphatic carbocycles. The fraction of sp³-hybridized carbons (Fsp3) is 0. The van der Waals surface area contributed by atoms with E-state index >= 15 is 0 Å². The van der Waals surface area contributed by atoms with Gasteiger partial charge in [0.05, 0.1) is 18.1 Å². The van der Waals surface area contributed by atoms with Crippen molar-refractivity contribution < 1.29 is 0 Å². The van der Waals surface area contributed by atoms with Crippen molar-refractivity contribution in [3.8, 4) is 5.69 Å². The van der Waals surface area contributed by atoms with Crippen molar-refractivity contribution in [1.82, 2.24) is 20.0 Å². The third kappa shape index (κ3) is 1.36. The molecule has 0 N–H and O–H groups in total. The van der Waals surface area contributed by atoms with Crippen LogP contribution in [0.3, 0.4) is 0 Å². The van der Waals surface area contributed by atoms with Gasteiger partial charge in [0.15, 0.2) is 0 Å². The van der Waals surface area contributed by atoms with Gasteiger partial charge in [-0.05, 0) is 18.2 Å². The first-order valence-electron chi connectivity index (χ1n) is 4.64. The highest BCUT2D eigenvalue weighted by molar-refractivity contribution is 5.82. The van der Waals surface area contributed by atoms with E-state index in [0.29, 0.717) is 0 Å². The lowest BCUT2D eigenvalue weighted by Crippen LogP contribution is -1.93. The quantitative estimate of drug-likeness (QED) is 0.596. The van der Waals surface area contributed by atoms with Crippen LogP contribution < -0.4 is 0 Å². The molecule has 0 fully saturated rings. The zero-order chi connectivity index (χ0) is 10.1. The molecule has 0 aliphatic heterocycles. The molecular formula is C11H8N4. The molecule has 0 saturated carbocycles. The highest BCUT2D eigenvalue weighted by Crippen LogP contribution is 2.15. The zero-order valence-electron chi connectivity index (χ0n) is 7.91. The third-order valence-corrected chi connectivity index (χ3v) is 2.30. The van der Waals surface area contributed by atoms with Crippen LogP contribution in [0, 0.1) is 0 Å². The van der Waals surface area contributed by atoms with E-state index in [1.54, 1.807) is 18.6 Å². The monoisotopic (exact) mass is 196 g/mol. The van der Waals surface area contributed by atoms with E-state index in [2.05, 4.69) is 15.3 Å². The Labute approximate surface area is 86.2 Å². The second kappa shape index (κ2) is 3.16. The number of hydrogen-bond acceptors (Lipinski definition) is 3. The van der Waals surface area contributed by atoms with Gasteiger partial charge < -0.3 is 0 Å². The van der Waals surface area contributed by atoms with Crippen LogP contribution >= 0.6 is 0 Å². The molecule has 0 aliphatic rings. The molecule has 2 heterocycles. The summed E-state index contributed by atoms with van der Waals surface area (Å²) in [5.74, 6) is 0. The molecule has 0 unspecified atom stereocenters. The van der Waals surface area contributed by atoms with E-state index in [-0.39, 0.29) is 0 Å². The van der Waals surface area contributed by atoms with Crippen molar-refractivity contribution in [2.24, 2.45) is 0 Å².